The zero-order valence-electron chi connectivity index (χ0n) is 23.1. The highest BCUT2D eigenvalue weighted by molar-refractivity contribution is 5.77. The maximum absolute atomic E-state index is 13.7. The molecule has 2 unspecified atom stereocenters. The Morgan fingerprint density at radius 2 is 1.62 bits per heavy atom. The number of nitrogens with two attached hydrogens (primary N) is 1. The quantitative estimate of drug-likeness (QED) is 0.153. The Morgan fingerprint density at radius 1 is 1.00 bits per heavy atom. The van der Waals surface area contributed by atoms with Crippen LogP contribution in [-0.4, -0.2) is 53.5 Å². The van der Waals surface area contributed by atoms with Gasteiger partial charge in [-0.25, -0.2) is 22.4 Å². The summed E-state index contributed by atoms with van der Waals surface area (Å²) >= 11 is 0. The molecule has 0 aliphatic carbocycles. The molecule has 2 rings (SSSR count). The SMILES string of the molecule is CC(C)C(Nc1ccc(CNC=O)c(F)c1)C(=O)O.CCCN(CC)C(=O)CC(N)Cc1cc(F)c(F)cc1F. The molecule has 222 valence electrons. The molecule has 2 aromatic rings. The summed E-state index contributed by atoms with van der Waals surface area (Å²) < 4.78 is 53.1. The lowest BCUT2D eigenvalue weighted by Gasteiger charge is -2.22. The number of hydrogen-bond acceptors (Lipinski definition) is 5. The Labute approximate surface area is 231 Å². The molecular formula is C28H38F4N4O4. The number of halogens is 4. The van der Waals surface area contributed by atoms with Crippen molar-refractivity contribution >= 4 is 24.0 Å². The maximum Gasteiger partial charge on any atom is 0.326 e. The Balaban J connectivity index is 0.000000402. The van der Waals surface area contributed by atoms with Crippen molar-refractivity contribution in [1.82, 2.24) is 10.2 Å². The largest absolute Gasteiger partial charge is 0.480 e. The number of rotatable bonds is 14. The minimum atomic E-state index is -1.24. The van der Waals surface area contributed by atoms with E-state index < -0.39 is 41.3 Å². The number of carbonyl (C=O) groups excluding carboxylic acids is 2. The van der Waals surface area contributed by atoms with Gasteiger partial charge in [0.05, 0.1) is 0 Å². The molecule has 12 heteroatoms. The second-order valence-corrected chi connectivity index (χ2v) is 9.51. The number of hydrogen-bond donors (Lipinski definition) is 4. The highest BCUT2D eigenvalue weighted by Gasteiger charge is 2.21. The Kier molecular flexibility index (Phi) is 14.7. The fourth-order valence-corrected chi connectivity index (χ4v) is 3.78. The first-order valence-electron chi connectivity index (χ1n) is 13.0. The van der Waals surface area contributed by atoms with E-state index in [9.17, 15) is 31.9 Å². The average molecular weight is 571 g/mol. The number of amides is 2. The fraction of sp³-hybridized carbons (Fsp3) is 0.464. The second kappa shape index (κ2) is 17.1. The van der Waals surface area contributed by atoms with Crippen molar-refractivity contribution in [2.24, 2.45) is 11.7 Å². The van der Waals surface area contributed by atoms with E-state index in [1.165, 1.54) is 12.1 Å². The average Bonchev–Trinajstić information content (AvgIpc) is 2.88. The molecular weight excluding hydrogens is 532 g/mol. The molecule has 2 atom stereocenters. The van der Waals surface area contributed by atoms with E-state index in [4.69, 9.17) is 10.8 Å². The van der Waals surface area contributed by atoms with E-state index >= 15 is 0 Å². The van der Waals surface area contributed by atoms with Crippen LogP contribution < -0.4 is 16.4 Å². The number of aliphatic carboxylic acids is 1. The second-order valence-electron chi connectivity index (χ2n) is 9.51. The summed E-state index contributed by atoms with van der Waals surface area (Å²) in [6, 6.07) is 4.19. The molecule has 0 aliphatic heterocycles. The lowest BCUT2D eigenvalue weighted by atomic mass is 10.0. The van der Waals surface area contributed by atoms with Gasteiger partial charge >= 0.3 is 5.97 Å². The van der Waals surface area contributed by atoms with Crippen LogP contribution in [-0.2, 0) is 27.3 Å². The maximum atomic E-state index is 13.7. The number of carboxylic acids is 1. The summed E-state index contributed by atoms with van der Waals surface area (Å²) in [6.07, 6.45) is 1.36. The zero-order valence-corrected chi connectivity index (χ0v) is 23.1. The van der Waals surface area contributed by atoms with E-state index in [0.717, 1.165) is 12.5 Å². The van der Waals surface area contributed by atoms with Crippen molar-refractivity contribution in [1.29, 1.82) is 0 Å². The van der Waals surface area contributed by atoms with Crippen LogP contribution in [0.5, 0.6) is 0 Å². The van der Waals surface area contributed by atoms with Gasteiger partial charge < -0.3 is 26.4 Å². The standard InChI is InChI=1S/C15H21F3N2O.C13H17FN2O3/c1-3-5-20(4-2)15(21)8-11(19)6-10-7-13(17)14(18)9-12(10)16;1-8(2)12(13(18)19)16-10-4-3-9(6-15-7-17)11(14)5-10/h7,9,11H,3-6,8,19H2,1-2H3;3-5,7-8,12,16H,6H2,1-2H3,(H,15,17)(H,18,19). The van der Waals surface area contributed by atoms with Crippen LogP contribution in [0.2, 0.25) is 0 Å². The smallest absolute Gasteiger partial charge is 0.326 e. The van der Waals surface area contributed by atoms with E-state index in [1.807, 2.05) is 13.8 Å². The van der Waals surface area contributed by atoms with E-state index in [1.54, 1.807) is 24.8 Å². The first kappa shape index (κ1) is 34.4. The lowest BCUT2D eigenvalue weighted by molar-refractivity contribution is -0.139. The summed E-state index contributed by atoms with van der Waals surface area (Å²) in [5.41, 5.74) is 6.54. The summed E-state index contributed by atoms with van der Waals surface area (Å²) in [4.78, 5) is 34.8. The third-order valence-electron chi connectivity index (χ3n) is 5.92. The normalized spacial score (nSPS) is 12.2. The Bertz CT molecular complexity index is 1130. The van der Waals surface area contributed by atoms with Crippen LogP contribution in [0.15, 0.2) is 30.3 Å². The first-order chi connectivity index (χ1) is 18.8. The number of nitrogens with zero attached hydrogens (tertiary/aromatic N) is 1. The van der Waals surface area contributed by atoms with Crippen molar-refractivity contribution in [3.05, 3.63) is 64.7 Å². The third kappa shape index (κ3) is 11.2. The molecule has 8 nitrogen and oxygen atoms in total. The topological polar surface area (TPSA) is 125 Å². The number of carboxylic acid groups (broad SMARTS) is 1. The molecule has 0 heterocycles. The molecule has 0 spiro atoms. The van der Waals surface area contributed by atoms with Crippen LogP contribution in [0.3, 0.4) is 0 Å². The van der Waals surface area contributed by atoms with E-state index in [-0.39, 0.29) is 36.8 Å². The number of carbonyl (C=O) groups is 3. The van der Waals surface area contributed by atoms with Gasteiger partial charge in [0.15, 0.2) is 11.6 Å². The molecule has 0 radical (unpaired) electrons. The monoisotopic (exact) mass is 570 g/mol. The predicted octanol–water partition coefficient (Wildman–Crippen LogP) is 4.22. The van der Waals surface area contributed by atoms with Gasteiger partial charge in [0.1, 0.15) is 17.7 Å². The predicted molar refractivity (Wildman–Crippen MR) is 144 cm³/mol. The molecule has 2 amide bonds. The van der Waals surface area contributed by atoms with Crippen molar-refractivity contribution in [3.8, 4) is 0 Å². The van der Waals surface area contributed by atoms with Crippen LogP contribution in [0.25, 0.3) is 0 Å². The molecule has 2 aromatic carbocycles. The van der Waals surface area contributed by atoms with Gasteiger partial charge in [0.25, 0.3) is 0 Å². The summed E-state index contributed by atoms with van der Waals surface area (Å²) in [6.45, 7) is 8.69. The van der Waals surface area contributed by atoms with Gasteiger partial charge in [-0.05, 0) is 49.4 Å². The van der Waals surface area contributed by atoms with Crippen LogP contribution in [0.4, 0.5) is 23.2 Å². The van der Waals surface area contributed by atoms with Crippen molar-refractivity contribution < 1.29 is 37.1 Å². The van der Waals surface area contributed by atoms with Gasteiger partial charge in [-0.15, -0.1) is 0 Å². The number of anilines is 1. The Morgan fingerprint density at radius 3 is 2.15 bits per heavy atom. The summed E-state index contributed by atoms with van der Waals surface area (Å²) in [7, 11) is 0. The molecule has 0 aromatic heterocycles. The van der Waals surface area contributed by atoms with Crippen LogP contribution in [0.1, 0.15) is 51.7 Å². The molecule has 0 saturated carbocycles. The molecule has 0 bridgehead atoms. The minimum absolute atomic E-state index is 0.0154. The summed E-state index contributed by atoms with van der Waals surface area (Å²) in [5.74, 6) is -4.93. The highest BCUT2D eigenvalue weighted by atomic mass is 19.2. The summed E-state index contributed by atoms with van der Waals surface area (Å²) in [5, 5.41) is 14.2. The highest BCUT2D eigenvalue weighted by Crippen LogP contribution is 2.18. The van der Waals surface area contributed by atoms with Gasteiger partial charge in [-0.2, -0.15) is 0 Å². The van der Waals surface area contributed by atoms with Gasteiger partial charge in [-0.1, -0.05) is 26.8 Å². The van der Waals surface area contributed by atoms with Crippen molar-refractivity contribution in [2.45, 2.75) is 65.6 Å². The number of benzene rings is 2. The van der Waals surface area contributed by atoms with E-state index in [0.29, 0.717) is 36.8 Å². The van der Waals surface area contributed by atoms with Crippen molar-refractivity contribution in [2.75, 3.05) is 18.4 Å². The molecule has 5 N–H and O–H groups in total. The van der Waals surface area contributed by atoms with Gasteiger partial charge in [0.2, 0.25) is 12.3 Å². The van der Waals surface area contributed by atoms with Crippen LogP contribution in [0, 0.1) is 29.2 Å². The number of nitrogens with one attached hydrogen (secondary N) is 2. The first-order valence-corrected chi connectivity index (χ1v) is 13.0. The molecule has 0 saturated heterocycles. The minimum Gasteiger partial charge on any atom is -0.480 e. The zero-order chi connectivity index (χ0) is 30.4. The van der Waals surface area contributed by atoms with Crippen LogP contribution >= 0.6 is 0 Å². The molecule has 0 fully saturated rings. The fourth-order valence-electron chi connectivity index (χ4n) is 3.78. The molecule has 0 aliphatic rings. The van der Waals surface area contributed by atoms with Gasteiger partial charge in [-0.3, -0.25) is 9.59 Å². The third-order valence-corrected chi connectivity index (χ3v) is 5.92. The molecule has 40 heavy (non-hydrogen) atoms. The van der Waals surface area contributed by atoms with Gasteiger partial charge in [0, 0.05) is 49.4 Å². The van der Waals surface area contributed by atoms with Crippen molar-refractivity contribution in [3.63, 3.8) is 0 Å². The van der Waals surface area contributed by atoms with E-state index in [2.05, 4.69) is 10.6 Å². The Hall–Kier alpha value is -3.67. The lowest BCUT2D eigenvalue weighted by Crippen LogP contribution is -2.37.